The van der Waals surface area contributed by atoms with E-state index in [-0.39, 0.29) is 12.1 Å². The van der Waals surface area contributed by atoms with Gasteiger partial charge in [0.15, 0.2) is 0 Å². The molecule has 0 unspecified atom stereocenters. The van der Waals surface area contributed by atoms with Crippen molar-refractivity contribution in [3.63, 3.8) is 0 Å². The SMILES string of the molecule is CCC(=O)OC(C[C](C)C)C[C](C)C. The molecule has 0 spiro atoms. The summed E-state index contributed by atoms with van der Waals surface area (Å²) in [5.74, 6) is 2.51. The van der Waals surface area contributed by atoms with Crippen molar-refractivity contribution >= 4 is 5.97 Å². The first-order valence-corrected chi connectivity index (χ1v) is 5.23. The number of hydrogen-bond donors (Lipinski definition) is 0. The van der Waals surface area contributed by atoms with Crippen LogP contribution in [0.2, 0.25) is 0 Å². The molecule has 0 N–H and O–H groups in total. The van der Waals surface area contributed by atoms with E-state index in [1.807, 2.05) is 6.92 Å². The van der Waals surface area contributed by atoms with Crippen molar-refractivity contribution in [2.75, 3.05) is 0 Å². The van der Waals surface area contributed by atoms with Gasteiger partial charge in [-0.3, -0.25) is 4.79 Å². The Labute approximate surface area is 88.0 Å². The summed E-state index contributed by atoms with van der Waals surface area (Å²) in [6, 6.07) is 0. The maximum atomic E-state index is 11.1. The quantitative estimate of drug-likeness (QED) is 0.612. The van der Waals surface area contributed by atoms with Crippen LogP contribution in [0.3, 0.4) is 0 Å². The average Bonchev–Trinajstić information content (AvgIpc) is 2.01. The van der Waals surface area contributed by atoms with E-state index in [1.54, 1.807) is 0 Å². The highest BCUT2D eigenvalue weighted by atomic mass is 16.5. The number of ether oxygens (including phenoxy) is 1. The van der Waals surface area contributed by atoms with Crippen molar-refractivity contribution in [3.05, 3.63) is 11.8 Å². The first-order chi connectivity index (χ1) is 6.45. The largest absolute Gasteiger partial charge is 0.462 e. The summed E-state index contributed by atoms with van der Waals surface area (Å²) in [5, 5.41) is 0. The van der Waals surface area contributed by atoms with Crippen molar-refractivity contribution < 1.29 is 9.53 Å². The Morgan fingerprint density at radius 3 is 1.79 bits per heavy atom. The van der Waals surface area contributed by atoms with E-state index in [9.17, 15) is 4.79 Å². The van der Waals surface area contributed by atoms with E-state index in [2.05, 4.69) is 27.7 Å². The first-order valence-electron chi connectivity index (χ1n) is 5.23. The molecule has 14 heavy (non-hydrogen) atoms. The van der Waals surface area contributed by atoms with Gasteiger partial charge in [-0.25, -0.2) is 0 Å². The minimum Gasteiger partial charge on any atom is -0.462 e. The topological polar surface area (TPSA) is 26.3 Å². The normalized spacial score (nSPS) is 11.4. The van der Waals surface area contributed by atoms with Crippen LogP contribution < -0.4 is 0 Å². The van der Waals surface area contributed by atoms with Gasteiger partial charge in [-0.05, 0) is 24.7 Å². The molecule has 0 saturated carbocycles. The predicted octanol–water partition coefficient (Wildman–Crippen LogP) is 3.32. The van der Waals surface area contributed by atoms with Crippen molar-refractivity contribution in [3.8, 4) is 0 Å². The molecule has 0 saturated heterocycles. The zero-order valence-corrected chi connectivity index (χ0v) is 10.0. The standard InChI is InChI=1S/C12H22O2/c1-6-12(13)14-11(7-9(2)3)8-10(4)5/h11H,6-8H2,1-5H3. The number of rotatable bonds is 6. The smallest absolute Gasteiger partial charge is 0.305 e. The fourth-order valence-electron chi connectivity index (χ4n) is 1.34. The van der Waals surface area contributed by atoms with E-state index in [1.165, 1.54) is 11.8 Å². The number of esters is 1. The van der Waals surface area contributed by atoms with Crippen LogP contribution >= 0.6 is 0 Å². The minimum atomic E-state index is -0.0995. The van der Waals surface area contributed by atoms with Gasteiger partial charge in [0, 0.05) is 6.42 Å². The Balaban J connectivity index is 4.03. The van der Waals surface area contributed by atoms with Gasteiger partial charge in [0.2, 0.25) is 0 Å². The van der Waals surface area contributed by atoms with Crippen LogP contribution in [-0.2, 0) is 9.53 Å². The predicted molar refractivity (Wildman–Crippen MR) is 58.6 cm³/mol. The maximum absolute atomic E-state index is 11.1. The van der Waals surface area contributed by atoms with Crippen LogP contribution in [0.4, 0.5) is 0 Å². The van der Waals surface area contributed by atoms with E-state index in [0.717, 1.165) is 12.8 Å². The minimum absolute atomic E-state index is 0.0393. The number of hydrogen-bond acceptors (Lipinski definition) is 2. The number of carbonyl (C=O) groups excluding carboxylic acids is 1. The number of carbonyl (C=O) groups is 1. The molecule has 2 radical (unpaired) electrons. The second-order valence-electron chi connectivity index (χ2n) is 4.29. The first kappa shape index (κ1) is 13.5. The molecule has 0 heterocycles. The molecule has 0 bridgehead atoms. The highest BCUT2D eigenvalue weighted by Crippen LogP contribution is 2.18. The molecule has 0 amide bonds. The summed E-state index contributed by atoms with van der Waals surface area (Å²) in [5.41, 5.74) is 0. The molecule has 0 aliphatic heterocycles. The van der Waals surface area contributed by atoms with Gasteiger partial charge in [0.25, 0.3) is 0 Å². The third-order valence-electron chi connectivity index (χ3n) is 1.86. The fourth-order valence-corrected chi connectivity index (χ4v) is 1.34. The van der Waals surface area contributed by atoms with Crippen molar-refractivity contribution in [2.24, 2.45) is 0 Å². The third kappa shape index (κ3) is 6.93. The lowest BCUT2D eigenvalue weighted by molar-refractivity contribution is -0.148. The molecule has 0 fully saturated rings. The molecule has 0 rings (SSSR count). The molecule has 0 aromatic carbocycles. The van der Waals surface area contributed by atoms with Gasteiger partial charge < -0.3 is 4.74 Å². The Bertz CT molecular complexity index is 152. The third-order valence-corrected chi connectivity index (χ3v) is 1.86. The zero-order chi connectivity index (χ0) is 11.1. The van der Waals surface area contributed by atoms with Crippen LogP contribution in [-0.4, -0.2) is 12.1 Å². The average molecular weight is 198 g/mol. The molecule has 0 aromatic rings. The van der Waals surface area contributed by atoms with Gasteiger partial charge in [0.05, 0.1) is 0 Å². The lowest BCUT2D eigenvalue weighted by Crippen LogP contribution is -2.20. The lowest BCUT2D eigenvalue weighted by atomic mass is 9.98. The van der Waals surface area contributed by atoms with E-state index >= 15 is 0 Å². The molecule has 0 aliphatic carbocycles. The fraction of sp³-hybridized carbons (Fsp3) is 0.750. The van der Waals surface area contributed by atoms with Crippen molar-refractivity contribution in [2.45, 2.75) is 60.0 Å². The van der Waals surface area contributed by atoms with Crippen LogP contribution in [0, 0.1) is 11.8 Å². The molecular formula is C12H22O2. The van der Waals surface area contributed by atoms with Crippen molar-refractivity contribution in [1.29, 1.82) is 0 Å². The molecule has 0 atom stereocenters. The Hall–Kier alpha value is -0.530. The van der Waals surface area contributed by atoms with Gasteiger partial charge in [-0.2, -0.15) is 0 Å². The molecule has 0 aliphatic rings. The van der Waals surface area contributed by atoms with E-state index in [0.29, 0.717) is 6.42 Å². The van der Waals surface area contributed by atoms with E-state index < -0.39 is 0 Å². The summed E-state index contributed by atoms with van der Waals surface area (Å²) in [6.07, 6.45) is 2.24. The van der Waals surface area contributed by atoms with Crippen LogP contribution in [0.15, 0.2) is 0 Å². The van der Waals surface area contributed by atoms with Crippen LogP contribution in [0.5, 0.6) is 0 Å². The summed E-state index contributed by atoms with van der Waals surface area (Å²) in [6.45, 7) is 10.1. The lowest BCUT2D eigenvalue weighted by Gasteiger charge is -2.20. The summed E-state index contributed by atoms with van der Waals surface area (Å²) in [7, 11) is 0. The maximum Gasteiger partial charge on any atom is 0.305 e. The molecular weight excluding hydrogens is 176 g/mol. The zero-order valence-electron chi connectivity index (χ0n) is 10.0. The highest BCUT2D eigenvalue weighted by Gasteiger charge is 2.16. The molecule has 82 valence electrons. The van der Waals surface area contributed by atoms with Gasteiger partial charge in [-0.1, -0.05) is 34.6 Å². The van der Waals surface area contributed by atoms with E-state index in [4.69, 9.17) is 4.74 Å². The second kappa shape index (κ2) is 6.86. The molecule has 2 heteroatoms. The Kier molecular flexibility index (Phi) is 6.60. The highest BCUT2D eigenvalue weighted by molar-refractivity contribution is 5.69. The van der Waals surface area contributed by atoms with Crippen LogP contribution in [0.1, 0.15) is 53.9 Å². The van der Waals surface area contributed by atoms with Crippen LogP contribution in [0.25, 0.3) is 0 Å². The summed E-state index contributed by atoms with van der Waals surface area (Å²) >= 11 is 0. The van der Waals surface area contributed by atoms with Crippen molar-refractivity contribution in [1.82, 2.24) is 0 Å². The van der Waals surface area contributed by atoms with Gasteiger partial charge >= 0.3 is 5.97 Å². The monoisotopic (exact) mass is 198 g/mol. The second-order valence-corrected chi connectivity index (χ2v) is 4.29. The Morgan fingerprint density at radius 2 is 1.50 bits per heavy atom. The van der Waals surface area contributed by atoms with Gasteiger partial charge in [0.1, 0.15) is 6.10 Å². The Morgan fingerprint density at radius 1 is 1.07 bits per heavy atom. The summed E-state index contributed by atoms with van der Waals surface area (Å²) < 4.78 is 5.34. The van der Waals surface area contributed by atoms with Gasteiger partial charge in [-0.15, -0.1) is 0 Å². The molecule has 2 nitrogen and oxygen atoms in total. The molecule has 0 aromatic heterocycles. The summed E-state index contributed by atoms with van der Waals surface area (Å²) in [4.78, 5) is 11.1.